The van der Waals surface area contributed by atoms with Crippen LogP contribution in [0.4, 0.5) is 0 Å². The minimum absolute atomic E-state index is 0.00717. The first-order valence-electron chi connectivity index (χ1n) is 10.2. The number of benzene rings is 2. The van der Waals surface area contributed by atoms with Crippen LogP contribution in [0, 0.1) is 5.41 Å². The van der Waals surface area contributed by atoms with E-state index in [2.05, 4.69) is 28.1 Å². The first-order valence-corrected chi connectivity index (χ1v) is 10.2. The maximum Gasteiger partial charge on any atom is 0.242 e. The van der Waals surface area contributed by atoms with Crippen LogP contribution in [0.2, 0.25) is 0 Å². The summed E-state index contributed by atoms with van der Waals surface area (Å²) < 4.78 is 0. The van der Waals surface area contributed by atoms with Gasteiger partial charge in [-0.05, 0) is 43.4 Å². The Hall–Kier alpha value is -3.19. The minimum Gasteiger partial charge on any atom is -0.384 e. The van der Waals surface area contributed by atoms with Crippen molar-refractivity contribution in [3.05, 3.63) is 71.3 Å². The molecule has 30 heavy (non-hydrogen) atoms. The van der Waals surface area contributed by atoms with Crippen LogP contribution in [0.1, 0.15) is 42.4 Å². The Kier molecular flexibility index (Phi) is 7.19. The molecule has 3 rings (SSSR count). The summed E-state index contributed by atoms with van der Waals surface area (Å²) in [7, 11) is 0. The number of amidine groups is 1. The Morgan fingerprint density at radius 1 is 1.17 bits per heavy atom. The SMILES string of the molecule is C[C@H](NC(=O)[C@H]1C[C@@H](c2ccccc2)CCN1)C(=O)NCc1ccc(C(=N)N)cc1. The summed E-state index contributed by atoms with van der Waals surface area (Å²) in [6.45, 7) is 2.80. The molecule has 0 bridgehead atoms. The van der Waals surface area contributed by atoms with Gasteiger partial charge in [-0.15, -0.1) is 0 Å². The lowest BCUT2D eigenvalue weighted by Gasteiger charge is -2.30. The van der Waals surface area contributed by atoms with Crippen LogP contribution in [0.3, 0.4) is 0 Å². The molecule has 1 saturated heterocycles. The molecular formula is C23H29N5O2. The Morgan fingerprint density at radius 3 is 2.53 bits per heavy atom. The number of amides is 2. The van der Waals surface area contributed by atoms with Gasteiger partial charge in [0, 0.05) is 12.1 Å². The van der Waals surface area contributed by atoms with E-state index in [1.165, 1.54) is 5.56 Å². The van der Waals surface area contributed by atoms with E-state index in [1.54, 1.807) is 19.1 Å². The van der Waals surface area contributed by atoms with Crippen molar-refractivity contribution in [3.8, 4) is 0 Å². The Labute approximate surface area is 176 Å². The van der Waals surface area contributed by atoms with E-state index < -0.39 is 6.04 Å². The van der Waals surface area contributed by atoms with Gasteiger partial charge in [-0.1, -0.05) is 54.6 Å². The summed E-state index contributed by atoms with van der Waals surface area (Å²) in [5.41, 5.74) is 8.23. The second-order valence-electron chi connectivity index (χ2n) is 7.70. The van der Waals surface area contributed by atoms with Gasteiger partial charge < -0.3 is 21.7 Å². The lowest BCUT2D eigenvalue weighted by Crippen LogP contribution is -2.53. The van der Waals surface area contributed by atoms with Crippen LogP contribution >= 0.6 is 0 Å². The van der Waals surface area contributed by atoms with Gasteiger partial charge in [0.2, 0.25) is 11.8 Å². The molecule has 1 fully saturated rings. The fourth-order valence-electron chi connectivity index (χ4n) is 3.67. The molecule has 2 amide bonds. The van der Waals surface area contributed by atoms with Gasteiger partial charge in [0.05, 0.1) is 6.04 Å². The first kappa shape index (κ1) is 21.5. The van der Waals surface area contributed by atoms with Gasteiger partial charge in [-0.3, -0.25) is 15.0 Å². The molecule has 158 valence electrons. The number of nitrogen functional groups attached to an aromatic ring is 1. The smallest absolute Gasteiger partial charge is 0.242 e. The Morgan fingerprint density at radius 2 is 1.87 bits per heavy atom. The number of carbonyl (C=O) groups excluding carboxylic acids is 2. The predicted octanol–water partition coefficient (Wildman–Crippen LogP) is 1.63. The highest BCUT2D eigenvalue weighted by molar-refractivity contribution is 5.95. The summed E-state index contributed by atoms with van der Waals surface area (Å²) in [6.07, 6.45) is 1.71. The first-order chi connectivity index (χ1) is 14.4. The highest BCUT2D eigenvalue weighted by Gasteiger charge is 2.29. The van der Waals surface area contributed by atoms with E-state index >= 15 is 0 Å². The molecule has 1 aliphatic rings. The Bertz CT molecular complexity index is 882. The van der Waals surface area contributed by atoms with E-state index in [-0.39, 0.29) is 23.7 Å². The second kappa shape index (κ2) is 10.0. The number of carbonyl (C=O) groups is 2. The van der Waals surface area contributed by atoms with Crippen molar-refractivity contribution in [2.45, 2.75) is 44.3 Å². The number of rotatable bonds is 7. The zero-order valence-corrected chi connectivity index (χ0v) is 17.2. The number of hydrogen-bond donors (Lipinski definition) is 5. The summed E-state index contributed by atoms with van der Waals surface area (Å²) in [5.74, 6) is -0.0449. The zero-order chi connectivity index (χ0) is 21.5. The van der Waals surface area contributed by atoms with Crippen molar-refractivity contribution in [2.24, 2.45) is 5.73 Å². The molecule has 3 atom stereocenters. The standard InChI is InChI=1S/C23H29N5O2/c1-15(22(29)27-14-16-7-9-18(10-8-16)21(24)25)28-23(30)20-13-19(11-12-26-20)17-5-3-2-4-6-17/h2-10,15,19-20,26H,11-14H2,1H3,(H3,24,25)(H,27,29)(H,28,30)/t15-,19-,20+/m0/s1. The molecule has 0 radical (unpaired) electrons. The van der Waals surface area contributed by atoms with Crippen molar-refractivity contribution in [1.29, 1.82) is 5.41 Å². The minimum atomic E-state index is -0.632. The van der Waals surface area contributed by atoms with Crippen molar-refractivity contribution in [2.75, 3.05) is 6.54 Å². The molecule has 1 aliphatic heterocycles. The van der Waals surface area contributed by atoms with Crippen LogP contribution in [0.25, 0.3) is 0 Å². The van der Waals surface area contributed by atoms with E-state index in [4.69, 9.17) is 11.1 Å². The Balaban J connectivity index is 1.48. The van der Waals surface area contributed by atoms with Gasteiger partial charge in [-0.2, -0.15) is 0 Å². The molecule has 0 spiro atoms. The number of nitrogens with two attached hydrogens (primary N) is 1. The van der Waals surface area contributed by atoms with Gasteiger partial charge in [0.15, 0.2) is 0 Å². The average Bonchev–Trinajstić information content (AvgIpc) is 2.78. The van der Waals surface area contributed by atoms with Crippen molar-refractivity contribution in [1.82, 2.24) is 16.0 Å². The normalized spacial score (nSPS) is 19.5. The van der Waals surface area contributed by atoms with E-state index in [9.17, 15) is 9.59 Å². The van der Waals surface area contributed by atoms with Crippen LogP contribution < -0.4 is 21.7 Å². The highest BCUT2D eigenvalue weighted by Crippen LogP contribution is 2.27. The molecule has 1 heterocycles. The van der Waals surface area contributed by atoms with Gasteiger partial charge in [-0.25, -0.2) is 0 Å². The van der Waals surface area contributed by atoms with E-state index in [1.807, 2.05) is 30.3 Å². The zero-order valence-electron chi connectivity index (χ0n) is 17.2. The molecule has 7 nitrogen and oxygen atoms in total. The monoisotopic (exact) mass is 407 g/mol. The largest absolute Gasteiger partial charge is 0.384 e. The summed E-state index contributed by atoms with van der Waals surface area (Å²) in [4.78, 5) is 25.1. The van der Waals surface area contributed by atoms with Crippen molar-refractivity contribution >= 4 is 17.6 Å². The third-order valence-corrected chi connectivity index (χ3v) is 5.47. The lowest BCUT2D eigenvalue weighted by molar-refractivity contribution is -0.130. The van der Waals surface area contributed by atoms with Crippen LogP contribution in [0.5, 0.6) is 0 Å². The topological polar surface area (TPSA) is 120 Å². The van der Waals surface area contributed by atoms with E-state index in [0.29, 0.717) is 24.4 Å². The number of nitrogens with one attached hydrogen (secondary N) is 4. The molecule has 0 unspecified atom stereocenters. The summed E-state index contributed by atoms with van der Waals surface area (Å²) in [5, 5.41) is 16.3. The fourth-order valence-corrected chi connectivity index (χ4v) is 3.67. The molecule has 0 aliphatic carbocycles. The van der Waals surface area contributed by atoms with Crippen LogP contribution in [0.15, 0.2) is 54.6 Å². The second-order valence-corrected chi connectivity index (χ2v) is 7.70. The van der Waals surface area contributed by atoms with Gasteiger partial charge in [0.1, 0.15) is 11.9 Å². The third kappa shape index (κ3) is 5.67. The molecule has 7 heteroatoms. The summed E-state index contributed by atoms with van der Waals surface area (Å²) >= 11 is 0. The quantitative estimate of drug-likeness (QED) is 0.354. The van der Waals surface area contributed by atoms with Crippen molar-refractivity contribution < 1.29 is 9.59 Å². The molecule has 0 saturated carbocycles. The number of piperidine rings is 1. The van der Waals surface area contributed by atoms with Gasteiger partial charge >= 0.3 is 0 Å². The fraction of sp³-hybridized carbons (Fsp3) is 0.348. The van der Waals surface area contributed by atoms with Crippen LogP contribution in [-0.2, 0) is 16.1 Å². The number of hydrogen-bond acceptors (Lipinski definition) is 4. The van der Waals surface area contributed by atoms with E-state index in [0.717, 1.165) is 18.5 Å². The van der Waals surface area contributed by atoms with Gasteiger partial charge in [0.25, 0.3) is 0 Å². The predicted molar refractivity (Wildman–Crippen MR) is 117 cm³/mol. The maximum absolute atomic E-state index is 12.7. The molecular weight excluding hydrogens is 378 g/mol. The van der Waals surface area contributed by atoms with Crippen molar-refractivity contribution in [3.63, 3.8) is 0 Å². The average molecular weight is 408 g/mol. The third-order valence-electron chi connectivity index (χ3n) is 5.47. The molecule has 0 aromatic heterocycles. The van der Waals surface area contributed by atoms with Crippen LogP contribution in [-0.4, -0.2) is 36.3 Å². The highest BCUT2D eigenvalue weighted by atomic mass is 16.2. The summed E-state index contributed by atoms with van der Waals surface area (Å²) in [6, 6.07) is 16.4. The molecule has 2 aromatic carbocycles. The lowest BCUT2D eigenvalue weighted by atomic mass is 9.86. The molecule has 6 N–H and O–H groups in total. The molecule has 2 aromatic rings. The maximum atomic E-state index is 12.7.